The maximum atomic E-state index is 12.4. The van der Waals surface area contributed by atoms with Crippen molar-refractivity contribution in [2.24, 2.45) is 0 Å². The number of aromatic nitrogens is 1. The Bertz CT molecular complexity index is 793. The van der Waals surface area contributed by atoms with Gasteiger partial charge in [-0.1, -0.05) is 17.7 Å². The van der Waals surface area contributed by atoms with Crippen LogP contribution in [0.1, 0.15) is 32.8 Å². The molecule has 0 aliphatic heterocycles. The molecule has 7 heteroatoms. The van der Waals surface area contributed by atoms with Gasteiger partial charge < -0.3 is 15.5 Å². The van der Waals surface area contributed by atoms with E-state index in [2.05, 4.69) is 20.5 Å². The lowest BCUT2D eigenvalue weighted by atomic mass is 10.2. The van der Waals surface area contributed by atoms with Crippen molar-refractivity contribution >= 4 is 29.1 Å². The summed E-state index contributed by atoms with van der Waals surface area (Å²) in [4.78, 5) is 30.7. The van der Waals surface area contributed by atoms with Crippen molar-refractivity contribution in [3.63, 3.8) is 0 Å². The first-order chi connectivity index (χ1) is 12.4. The van der Waals surface area contributed by atoms with Crippen LogP contribution in [0, 0.1) is 6.92 Å². The zero-order valence-corrected chi connectivity index (χ0v) is 15.9. The molecular weight excluding hydrogens is 352 g/mol. The molecule has 0 fully saturated rings. The number of nitrogens with one attached hydrogen (secondary N) is 2. The number of pyridine rings is 1. The molecule has 0 aliphatic rings. The second-order valence-electron chi connectivity index (χ2n) is 6.26. The number of hydrogen-bond donors (Lipinski definition) is 2. The smallest absolute Gasteiger partial charge is 0.274 e. The maximum Gasteiger partial charge on any atom is 0.274 e. The third-order valence-electron chi connectivity index (χ3n) is 3.75. The predicted octanol–water partition coefficient (Wildman–Crippen LogP) is 2.98. The summed E-state index contributed by atoms with van der Waals surface area (Å²) < 4.78 is 0. The molecule has 0 saturated heterocycles. The molecule has 0 radical (unpaired) electrons. The summed E-state index contributed by atoms with van der Waals surface area (Å²) in [6.07, 6.45) is 2.30. The maximum absolute atomic E-state index is 12.4. The second-order valence-corrected chi connectivity index (χ2v) is 6.67. The highest BCUT2D eigenvalue weighted by Crippen LogP contribution is 2.20. The van der Waals surface area contributed by atoms with E-state index in [-0.39, 0.29) is 11.6 Å². The van der Waals surface area contributed by atoms with Crippen LogP contribution in [-0.2, 0) is 0 Å². The van der Waals surface area contributed by atoms with Crippen LogP contribution in [0.25, 0.3) is 0 Å². The first kappa shape index (κ1) is 19.9. The molecule has 1 aromatic heterocycles. The minimum Gasteiger partial charge on any atom is -0.352 e. The highest BCUT2D eigenvalue weighted by molar-refractivity contribution is 6.31. The SMILES string of the molecule is Cc1ccc(NC(=O)c2cc(C(=O)NCCCN(C)C)ccn2)cc1Cl. The molecule has 0 bridgehead atoms. The van der Waals surface area contributed by atoms with Gasteiger partial charge in [-0.2, -0.15) is 0 Å². The minimum absolute atomic E-state index is 0.169. The molecule has 26 heavy (non-hydrogen) atoms. The second kappa shape index (κ2) is 9.31. The van der Waals surface area contributed by atoms with E-state index in [0.717, 1.165) is 18.5 Å². The van der Waals surface area contributed by atoms with Crippen LogP contribution < -0.4 is 10.6 Å². The lowest BCUT2D eigenvalue weighted by Gasteiger charge is -2.10. The highest BCUT2D eigenvalue weighted by atomic mass is 35.5. The fraction of sp³-hybridized carbons (Fsp3) is 0.316. The molecule has 1 aromatic carbocycles. The molecule has 2 amide bonds. The largest absolute Gasteiger partial charge is 0.352 e. The Kier molecular flexibility index (Phi) is 7.12. The molecule has 2 rings (SSSR count). The average molecular weight is 375 g/mol. The zero-order chi connectivity index (χ0) is 19.1. The predicted molar refractivity (Wildman–Crippen MR) is 104 cm³/mol. The molecular formula is C19H23ClN4O2. The topological polar surface area (TPSA) is 74.3 Å². The van der Waals surface area contributed by atoms with E-state index >= 15 is 0 Å². The van der Waals surface area contributed by atoms with Gasteiger partial charge in [-0.05, 0) is 63.8 Å². The summed E-state index contributed by atoms with van der Waals surface area (Å²) in [5, 5.41) is 6.15. The van der Waals surface area contributed by atoms with Crippen molar-refractivity contribution < 1.29 is 9.59 Å². The lowest BCUT2D eigenvalue weighted by molar-refractivity contribution is 0.0952. The Labute approximate surface area is 158 Å². The van der Waals surface area contributed by atoms with Gasteiger partial charge in [-0.3, -0.25) is 14.6 Å². The summed E-state index contributed by atoms with van der Waals surface area (Å²) in [5.41, 5.74) is 2.07. The van der Waals surface area contributed by atoms with Crippen LogP contribution in [0.3, 0.4) is 0 Å². The number of amides is 2. The van der Waals surface area contributed by atoms with Crippen molar-refractivity contribution in [3.8, 4) is 0 Å². The third-order valence-corrected chi connectivity index (χ3v) is 4.16. The monoisotopic (exact) mass is 374 g/mol. The van der Waals surface area contributed by atoms with Gasteiger partial charge in [0.05, 0.1) is 0 Å². The number of carbonyl (C=O) groups excluding carboxylic acids is 2. The Morgan fingerprint density at radius 2 is 1.92 bits per heavy atom. The summed E-state index contributed by atoms with van der Waals surface area (Å²) >= 11 is 6.07. The molecule has 2 aromatic rings. The van der Waals surface area contributed by atoms with Crippen molar-refractivity contribution in [1.29, 1.82) is 0 Å². The molecule has 0 saturated carbocycles. The molecule has 138 valence electrons. The standard InChI is InChI=1S/C19H23ClN4O2/c1-13-5-6-15(12-16(13)20)23-19(26)17-11-14(7-9-21-17)18(25)22-8-4-10-24(2)3/h5-7,9,11-12H,4,8,10H2,1-3H3,(H,22,25)(H,23,26). The Morgan fingerprint density at radius 1 is 1.15 bits per heavy atom. The summed E-state index contributed by atoms with van der Waals surface area (Å²) in [7, 11) is 3.97. The number of aryl methyl sites for hydroxylation is 1. The van der Waals surface area contributed by atoms with Crippen LogP contribution in [0.2, 0.25) is 5.02 Å². The summed E-state index contributed by atoms with van der Waals surface area (Å²) in [6, 6.07) is 8.33. The number of carbonyl (C=O) groups is 2. The van der Waals surface area contributed by atoms with Crippen LogP contribution in [-0.4, -0.2) is 48.9 Å². The number of benzene rings is 1. The molecule has 1 heterocycles. The van der Waals surface area contributed by atoms with Gasteiger partial charge in [0.2, 0.25) is 0 Å². The van der Waals surface area contributed by atoms with E-state index in [9.17, 15) is 9.59 Å². The highest BCUT2D eigenvalue weighted by Gasteiger charge is 2.12. The number of rotatable bonds is 7. The van der Waals surface area contributed by atoms with Gasteiger partial charge in [0.15, 0.2) is 0 Å². The van der Waals surface area contributed by atoms with E-state index in [1.807, 2.05) is 27.1 Å². The molecule has 0 aliphatic carbocycles. The Hall–Kier alpha value is -2.44. The number of halogens is 1. The van der Waals surface area contributed by atoms with Crippen molar-refractivity contribution in [3.05, 3.63) is 58.4 Å². The van der Waals surface area contributed by atoms with Crippen LogP contribution in [0.4, 0.5) is 5.69 Å². The summed E-state index contributed by atoms with van der Waals surface area (Å²) in [6.45, 7) is 3.35. The van der Waals surface area contributed by atoms with Crippen LogP contribution in [0.15, 0.2) is 36.5 Å². The average Bonchev–Trinajstić information content (AvgIpc) is 2.61. The van der Waals surface area contributed by atoms with E-state index in [1.54, 1.807) is 18.2 Å². The molecule has 0 atom stereocenters. The third kappa shape index (κ3) is 5.82. The van der Waals surface area contributed by atoms with E-state index in [1.165, 1.54) is 12.3 Å². The number of hydrogen-bond acceptors (Lipinski definition) is 4. The first-order valence-electron chi connectivity index (χ1n) is 8.33. The minimum atomic E-state index is -0.396. The van der Waals surface area contributed by atoms with Crippen molar-refractivity contribution in [2.75, 3.05) is 32.5 Å². The fourth-order valence-corrected chi connectivity index (χ4v) is 2.44. The molecule has 2 N–H and O–H groups in total. The quantitative estimate of drug-likeness (QED) is 0.731. The fourth-order valence-electron chi connectivity index (χ4n) is 2.26. The van der Waals surface area contributed by atoms with Crippen LogP contribution in [0.5, 0.6) is 0 Å². The summed E-state index contributed by atoms with van der Waals surface area (Å²) in [5.74, 6) is -0.620. The normalized spacial score (nSPS) is 10.7. The van der Waals surface area contributed by atoms with Gasteiger partial charge in [-0.25, -0.2) is 0 Å². The van der Waals surface area contributed by atoms with Gasteiger partial charge >= 0.3 is 0 Å². The van der Waals surface area contributed by atoms with Gasteiger partial charge in [-0.15, -0.1) is 0 Å². The Morgan fingerprint density at radius 3 is 2.62 bits per heavy atom. The van der Waals surface area contributed by atoms with E-state index in [4.69, 9.17) is 11.6 Å². The van der Waals surface area contributed by atoms with Gasteiger partial charge in [0.1, 0.15) is 5.69 Å². The molecule has 6 nitrogen and oxygen atoms in total. The van der Waals surface area contributed by atoms with Gasteiger partial charge in [0, 0.05) is 29.0 Å². The van der Waals surface area contributed by atoms with Crippen LogP contribution >= 0.6 is 11.6 Å². The molecule has 0 spiro atoms. The molecule has 0 unspecified atom stereocenters. The van der Waals surface area contributed by atoms with E-state index in [0.29, 0.717) is 22.8 Å². The van der Waals surface area contributed by atoms with Crippen molar-refractivity contribution in [2.45, 2.75) is 13.3 Å². The first-order valence-corrected chi connectivity index (χ1v) is 8.71. The van der Waals surface area contributed by atoms with Gasteiger partial charge in [0.25, 0.3) is 11.8 Å². The van der Waals surface area contributed by atoms with Crippen molar-refractivity contribution in [1.82, 2.24) is 15.2 Å². The number of nitrogens with zero attached hydrogens (tertiary/aromatic N) is 2. The number of anilines is 1. The van der Waals surface area contributed by atoms with E-state index < -0.39 is 5.91 Å². The zero-order valence-electron chi connectivity index (χ0n) is 15.2. The Balaban J connectivity index is 1.99. The lowest BCUT2D eigenvalue weighted by Crippen LogP contribution is -2.27.